The quantitative estimate of drug-likeness (QED) is 0.576. The van der Waals surface area contributed by atoms with E-state index in [9.17, 15) is 0 Å². The zero-order valence-electron chi connectivity index (χ0n) is 15.2. The molecular formula is C23H24N. The smallest absolute Gasteiger partial charge is 0.0980 e. The lowest BCUT2D eigenvalue weighted by atomic mass is 9.92. The van der Waals surface area contributed by atoms with Gasteiger partial charge in [-0.2, -0.15) is 0 Å². The number of hydrogen-bond acceptors (Lipinski definition) is 1. The fourth-order valence-corrected chi connectivity index (χ4v) is 3.34. The van der Waals surface area contributed by atoms with Crippen LogP contribution in [0.4, 0.5) is 0 Å². The SMILES string of the molecule is CCc1cc(-c2cc(C)cc(C)c2)c(-c2cc(C)cc(C)c2)[c]n1. The highest BCUT2D eigenvalue weighted by molar-refractivity contribution is 5.83. The molecule has 0 bridgehead atoms. The van der Waals surface area contributed by atoms with Gasteiger partial charge in [-0.05, 0) is 56.9 Å². The van der Waals surface area contributed by atoms with Gasteiger partial charge in [0.25, 0.3) is 0 Å². The first kappa shape index (κ1) is 16.4. The highest BCUT2D eigenvalue weighted by Gasteiger charge is 2.12. The fourth-order valence-electron chi connectivity index (χ4n) is 3.34. The van der Waals surface area contributed by atoms with E-state index in [4.69, 9.17) is 0 Å². The van der Waals surface area contributed by atoms with Crippen molar-refractivity contribution >= 4 is 0 Å². The van der Waals surface area contributed by atoms with Gasteiger partial charge in [0.05, 0.1) is 6.20 Å². The van der Waals surface area contributed by atoms with Crippen molar-refractivity contribution < 1.29 is 0 Å². The van der Waals surface area contributed by atoms with Gasteiger partial charge >= 0.3 is 0 Å². The van der Waals surface area contributed by atoms with Gasteiger partial charge in [-0.15, -0.1) is 0 Å². The van der Waals surface area contributed by atoms with Gasteiger partial charge in [-0.1, -0.05) is 65.6 Å². The van der Waals surface area contributed by atoms with Crippen LogP contribution in [-0.4, -0.2) is 4.98 Å². The lowest BCUT2D eigenvalue weighted by Crippen LogP contribution is -1.95. The molecule has 1 nitrogen and oxygen atoms in total. The molecule has 0 spiro atoms. The van der Waals surface area contributed by atoms with Crippen LogP contribution in [0.25, 0.3) is 22.3 Å². The van der Waals surface area contributed by atoms with Gasteiger partial charge in [0.2, 0.25) is 0 Å². The van der Waals surface area contributed by atoms with Gasteiger partial charge in [0.1, 0.15) is 0 Å². The number of rotatable bonds is 3. The van der Waals surface area contributed by atoms with E-state index in [0.29, 0.717) is 0 Å². The Balaban J connectivity index is 2.26. The van der Waals surface area contributed by atoms with E-state index >= 15 is 0 Å². The minimum Gasteiger partial charge on any atom is -0.250 e. The molecule has 0 aliphatic carbocycles. The molecule has 1 aromatic heterocycles. The maximum Gasteiger partial charge on any atom is 0.0980 e. The number of aryl methyl sites for hydroxylation is 5. The number of aromatic nitrogens is 1. The number of pyridine rings is 1. The molecule has 121 valence electrons. The van der Waals surface area contributed by atoms with E-state index in [0.717, 1.165) is 17.7 Å². The summed E-state index contributed by atoms with van der Waals surface area (Å²) in [6.45, 7) is 10.7. The van der Waals surface area contributed by atoms with E-state index < -0.39 is 0 Å². The summed E-state index contributed by atoms with van der Waals surface area (Å²) >= 11 is 0. The molecule has 0 amide bonds. The lowest BCUT2D eigenvalue weighted by Gasteiger charge is -2.14. The third kappa shape index (κ3) is 3.41. The molecular weight excluding hydrogens is 290 g/mol. The molecule has 0 aliphatic rings. The molecule has 0 unspecified atom stereocenters. The first-order chi connectivity index (χ1) is 11.5. The van der Waals surface area contributed by atoms with Crippen LogP contribution in [0, 0.1) is 33.9 Å². The summed E-state index contributed by atoms with van der Waals surface area (Å²) in [6.07, 6.45) is 4.23. The van der Waals surface area contributed by atoms with Crippen molar-refractivity contribution in [3.63, 3.8) is 0 Å². The monoisotopic (exact) mass is 314 g/mol. The Morgan fingerprint density at radius 2 is 1.21 bits per heavy atom. The molecule has 3 aromatic rings. The Kier molecular flexibility index (Phi) is 4.53. The van der Waals surface area contributed by atoms with Gasteiger partial charge < -0.3 is 0 Å². The van der Waals surface area contributed by atoms with Crippen molar-refractivity contribution in [2.45, 2.75) is 41.0 Å². The zero-order chi connectivity index (χ0) is 17.3. The Morgan fingerprint density at radius 1 is 0.708 bits per heavy atom. The Labute approximate surface area is 145 Å². The number of hydrogen-bond donors (Lipinski definition) is 0. The Bertz CT molecular complexity index is 850. The van der Waals surface area contributed by atoms with Crippen LogP contribution in [0.15, 0.2) is 42.5 Å². The van der Waals surface area contributed by atoms with Gasteiger partial charge in [-0.25, -0.2) is 0 Å². The summed E-state index contributed by atoms with van der Waals surface area (Å²) in [5.41, 5.74) is 10.9. The highest BCUT2D eigenvalue weighted by Crippen LogP contribution is 2.34. The predicted octanol–water partition coefficient (Wildman–Crippen LogP) is 6.01. The van der Waals surface area contributed by atoms with E-state index in [1.54, 1.807) is 0 Å². The molecule has 0 N–H and O–H groups in total. The van der Waals surface area contributed by atoms with Crippen LogP contribution < -0.4 is 0 Å². The number of nitrogens with zero attached hydrogens (tertiary/aromatic N) is 1. The molecule has 0 saturated heterocycles. The molecule has 0 aliphatic heterocycles. The zero-order valence-corrected chi connectivity index (χ0v) is 15.2. The minimum absolute atomic E-state index is 0.918. The van der Waals surface area contributed by atoms with E-state index in [-0.39, 0.29) is 0 Å². The summed E-state index contributed by atoms with van der Waals surface area (Å²) in [5, 5.41) is 0. The third-order valence-corrected chi connectivity index (χ3v) is 4.30. The molecule has 1 heteroatoms. The summed E-state index contributed by atoms with van der Waals surface area (Å²) < 4.78 is 0. The van der Waals surface area contributed by atoms with Crippen molar-refractivity contribution in [3.05, 3.63) is 76.6 Å². The molecule has 0 fully saturated rings. The van der Waals surface area contributed by atoms with Crippen LogP contribution in [-0.2, 0) is 6.42 Å². The second-order valence-electron chi connectivity index (χ2n) is 6.75. The van der Waals surface area contributed by atoms with Gasteiger partial charge in [-0.3, -0.25) is 4.98 Å². The van der Waals surface area contributed by atoms with Crippen molar-refractivity contribution in [2.24, 2.45) is 0 Å². The van der Waals surface area contributed by atoms with Crippen molar-refractivity contribution in [1.82, 2.24) is 4.98 Å². The van der Waals surface area contributed by atoms with Gasteiger partial charge in [0.15, 0.2) is 0 Å². The molecule has 0 saturated carbocycles. The first-order valence-electron chi connectivity index (χ1n) is 8.55. The van der Waals surface area contributed by atoms with Crippen LogP contribution in [0.2, 0.25) is 0 Å². The van der Waals surface area contributed by atoms with Gasteiger partial charge in [0, 0.05) is 11.3 Å². The van der Waals surface area contributed by atoms with Crippen molar-refractivity contribution in [1.29, 1.82) is 0 Å². The lowest BCUT2D eigenvalue weighted by molar-refractivity contribution is 1.03. The molecule has 0 atom stereocenters. The van der Waals surface area contributed by atoms with E-state index in [2.05, 4.69) is 88.3 Å². The van der Waals surface area contributed by atoms with Crippen LogP contribution in [0.3, 0.4) is 0 Å². The third-order valence-electron chi connectivity index (χ3n) is 4.30. The normalized spacial score (nSPS) is 10.9. The maximum absolute atomic E-state index is 4.54. The summed E-state index contributed by atoms with van der Waals surface area (Å²) in [7, 11) is 0. The summed E-state index contributed by atoms with van der Waals surface area (Å²) in [5.74, 6) is 0. The topological polar surface area (TPSA) is 12.9 Å². The molecule has 3 rings (SSSR count). The highest BCUT2D eigenvalue weighted by atomic mass is 14.7. The first-order valence-corrected chi connectivity index (χ1v) is 8.55. The molecule has 2 aromatic carbocycles. The summed E-state index contributed by atoms with van der Waals surface area (Å²) in [4.78, 5) is 4.54. The Morgan fingerprint density at radius 3 is 1.71 bits per heavy atom. The number of benzene rings is 2. The van der Waals surface area contributed by atoms with Crippen LogP contribution in [0.1, 0.15) is 34.9 Å². The second kappa shape index (κ2) is 6.60. The summed E-state index contributed by atoms with van der Waals surface area (Å²) in [6, 6.07) is 15.6. The predicted molar refractivity (Wildman–Crippen MR) is 102 cm³/mol. The van der Waals surface area contributed by atoms with Crippen molar-refractivity contribution in [2.75, 3.05) is 0 Å². The Hall–Kier alpha value is -2.41. The second-order valence-corrected chi connectivity index (χ2v) is 6.75. The average Bonchev–Trinajstić information content (AvgIpc) is 2.52. The maximum atomic E-state index is 4.54. The van der Waals surface area contributed by atoms with Crippen molar-refractivity contribution in [3.8, 4) is 22.3 Å². The molecule has 24 heavy (non-hydrogen) atoms. The van der Waals surface area contributed by atoms with E-state index in [1.165, 1.54) is 38.9 Å². The van der Waals surface area contributed by atoms with Crippen LogP contribution >= 0.6 is 0 Å². The standard InChI is InChI=1S/C23H24N/c1-6-21-13-22(19-9-15(2)7-16(3)10-19)23(14-24-21)20-11-17(4)8-18(5)12-20/h7-13H,6H2,1-5H3. The minimum atomic E-state index is 0.918. The molecule has 1 heterocycles. The van der Waals surface area contributed by atoms with Crippen LogP contribution in [0.5, 0.6) is 0 Å². The fraction of sp³-hybridized carbons (Fsp3) is 0.261. The largest absolute Gasteiger partial charge is 0.250 e. The average molecular weight is 314 g/mol. The van der Waals surface area contributed by atoms with E-state index in [1.807, 2.05) is 0 Å². The molecule has 1 radical (unpaired) electrons.